The van der Waals surface area contributed by atoms with E-state index in [9.17, 15) is 0 Å². The van der Waals surface area contributed by atoms with Crippen LogP contribution in [-0.2, 0) is 20.1 Å². The summed E-state index contributed by atoms with van der Waals surface area (Å²) < 4.78 is 1.97. The number of nitrogens with zero attached hydrogens (tertiary/aromatic N) is 4. The lowest BCUT2D eigenvalue weighted by atomic mass is 10.2. The zero-order valence-corrected chi connectivity index (χ0v) is 15.3. The highest BCUT2D eigenvalue weighted by Gasteiger charge is 2.06. The van der Waals surface area contributed by atoms with Gasteiger partial charge in [0.25, 0.3) is 0 Å². The molecule has 0 spiro atoms. The van der Waals surface area contributed by atoms with Gasteiger partial charge >= 0.3 is 0 Å². The summed E-state index contributed by atoms with van der Waals surface area (Å²) in [6, 6.07) is 7.74. The molecule has 0 amide bonds. The first-order chi connectivity index (χ1) is 11.6. The fraction of sp³-hybridized carbons (Fsp3) is 0.471. The maximum atomic E-state index is 5.92. The monoisotopic (exact) mass is 348 g/mol. The Balaban J connectivity index is 1.98. The summed E-state index contributed by atoms with van der Waals surface area (Å²) in [5.74, 6) is 2.55. The zero-order valence-electron chi connectivity index (χ0n) is 14.5. The molecule has 2 aromatic rings. The summed E-state index contributed by atoms with van der Waals surface area (Å²) in [6.45, 7) is 6.17. The van der Waals surface area contributed by atoms with Crippen LogP contribution >= 0.6 is 11.6 Å². The molecule has 1 heterocycles. The minimum atomic E-state index is 0.579. The van der Waals surface area contributed by atoms with E-state index >= 15 is 0 Å². The van der Waals surface area contributed by atoms with Gasteiger partial charge in [-0.25, -0.2) is 4.99 Å². The van der Waals surface area contributed by atoms with Crippen LogP contribution in [0.5, 0.6) is 0 Å². The van der Waals surface area contributed by atoms with Crippen molar-refractivity contribution in [3.63, 3.8) is 0 Å². The third-order valence-corrected chi connectivity index (χ3v) is 4.00. The highest BCUT2D eigenvalue weighted by molar-refractivity contribution is 6.30. The Morgan fingerprint density at radius 3 is 2.58 bits per heavy atom. The van der Waals surface area contributed by atoms with Crippen LogP contribution in [0.3, 0.4) is 0 Å². The predicted octanol–water partition coefficient (Wildman–Crippen LogP) is 2.81. The maximum Gasteiger partial charge on any atom is 0.191 e. The lowest BCUT2D eigenvalue weighted by Gasteiger charge is -2.12. The number of hydrogen-bond donors (Lipinski definition) is 2. The molecule has 0 saturated carbocycles. The Kier molecular flexibility index (Phi) is 7.06. The molecule has 7 heteroatoms. The van der Waals surface area contributed by atoms with E-state index in [2.05, 4.69) is 32.7 Å². The molecule has 0 saturated heterocycles. The van der Waals surface area contributed by atoms with Crippen molar-refractivity contribution in [3.05, 3.63) is 46.5 Å². The molecule has 0 aliphatic rings. The number of halogens is 1. The van der Waals surface area contributed by atoms with Crippen molar-refractivity contribution in [2.75, 3.05) is 6.54 Å². The van der Waals surface area contributed by atoms with Gasteiger partial charge in [-0.2, -0.15) is 0 Å². The van der Waals surface area contributed by atoms with Crippen molar-refractivity contribution in [2.45, 2.75) is 39.8 Å². The van der Waals surface area contributed by atoms with Crippen molar-refractivity contribution >= 4 is 17.6 Å². The van der Waals surface area contributed by atoms with Crippen LogP contribution in [0.2, 0.25) is 5.02 Å². The van der Waals surface area contributed by atoms with Crippen molar-refractivity contribution in [2.24, 2.45) is 12.0 Å². The van der Waals surface area contributed by atoms with Gasteiger partial charge in [0, 0.05) is 18.6 Å². The minimum Gasteiger partial charge on any atom is -0.356 e. The first-order valence-electron chi connectivity index (χ1n) is 8.21. The number of hydrogen-bond acceptors (Lipinski definition) is 3. The molecule has 1 aromatic heterocycles. The van der Waals surface area contributed by atoms with Crippen LogP contribution in [0.1, 0.15) is 37.0 Å². The third kappa shape index (κ3) is 5.53. The van der Waals surface area contributed by atoms with Gasteiger partial charge in [-0.15, -0.1) is 10.2 Å². The molecule has 2 N–H and O–H groups in total. The quantitative estimate of drug-likeness (QED) is 0.458. The topological polar surface area (TPSA) is 67.1 Å². The van der Waals surface area contributed by atoms with Gasteiger partial charge in [0.2, 0.25) is 0 Å². The number of aromatic nitrogens is 3. The van der Waals surface area contributed by atoms with Crippen molar-refractivity contribution in [1.82, 2.24) is 25.4 Å². The van der Waals surface area contributed by atoms with Crippen molar-refractivity contribution in [1.29, 1.82) is 0 Å². The number of aryl methyl sites for hydroxylation is 1. The summed E-state index contributed by atoms with van der Waals surface area (Å²) in [7, 11) is 1.96. The molecule has 0 bridgehead atoms. The fourth-order valence-corrected chi connectivity index (χ4v) is 2.21. The maximum absolute atomic E-state index is 5.92. The molecule has 0 atom stereocenters. The van der Waals surface area contributed by atoms with E-state index in [1.807, 2.05) is 42.8 Å². The highest BCUT2D eigenvalue weighted by Crippen LogP contribution is 2.10. The second-order valence-electron chi connectivity index (χ2n) is 5.65. The van der Waals surface area contributed by atoms with Crippen molar-refractivity contribution in [3.8, 4) is 0 Å². The SMILES string of the molecule is CCCCNC(=NCc1ccc(Cl)cc1)NCc1nnc(C)n1C. The van der Waals surface area contributed by atoms with E-state index in [-0.39, 0.29) is 0 Å². The number of unbranched alkanes of at least 4 members (excludes halogenated alkanes) is 1. The molecule has 0 aliphatic carbocycles. The van der Waals surface area contributed by atoms with E-state index in [4.69, 9.17) is 11.6 Å². The molecule has 0 fully saturated rings. The summed E-state index contributed by atoms with van der Waals surface area (Å²) in [6.07, 6.45) is 2.24. The van der Waals surface area contributed by atoms with Crippen LogP contribution in [-0.4, -0.2) is 27.3 Å². The Morgan fingerprint density at radius 1 is 1.21 bits per heavy atom. The molecular formula is C17H25ClN6. The van der Waals surface area contributed by atoms with Gasteiger partial charge in [0.1, 0.15) is 5.82 Å². The second kappa shape index (κ2) is 9.27. The average Bonchev–Trinajstić information content (AvgIpc) is 2.90. The number of nitrogens with one attached hydrogen (secondary N) is 2. The highest BCUT2D eigenvalue weighted by atomic mass is 35.5. The Bertz CT molecular complexity index is 662. The average molecular weight is 349 g/mol. The van der Waals surface area contributed by atoms with Crippen molar-refractivity contribution < 1.29 is 0 Å². The van der Waals surface area contributed by atoms with Gasteiger partial charge in [0.15, 0.2) is 11.8 Å². The number of benzene rings is 1. The largest absolute Gasteiger partial charge is 0.356 e. The fourth-order valence-electron chi connectivity index (χ4n) is 2.09. The van der Waals surface area contributed by atoms with Gasteiger partial charge in [-0.05, 0) is 31.0 Å². The Hall–Kier alpha value is -2.08. The molecule has 0 aliphatic heterocycles. The number of aliphatic imine (C=N–C) groups is 1. The van der Waals surface area contributed by atoms with Crippen LogP contribution in [0.4, 0.5) is 0 Å². The summed E-state index contributed by atoms with van der Waals surface area (Å²) >= 11 is 5.92. The molecule has 0 unspecified atom stereocenters. The number of rotatable bonds is 7. The second-order valence-corrected chi connectivity index (χ2v) is 6.08. The molecular weight excluding hydrogens is 324 g/mol. The Labute approximate surface area is 148 Å². The van der Waals surface area contributed by atoms with Crippen LogP contribution in [0, 0.1) is 6.92 Å². The minimum absolute atomic E-state index is 0.579. The predicted molar refractivity (Wildman–Crippen MR) is 98.1 cm³/mol. The molecule has 2 rings (SSSR count). The third-order valence-electron chi connectivity index (χ3n) is 3.75. The van der Waals surface area contributed by atoms with E-state index in [1.165, 1.54) is 0 Å². The van der Waals surface area contributed by atoms with Crippen LogP contribution in [0.15, 0.2) is 29.3 Å². The summed E-state index contributed by atoms with van der Waals surface area (Å²) in [4.78, 5) is 4.64. The van der Waals surface area contributed by atoms with E-state index in [0.717, 1.165) is 47.6 Å². The van der Waals surface area contributed by atoms with Gasteiger partial charge in [0.05, 0.1) is 13.1 Å². The lowest BCUT2D eigenvalue weighted by Crippen LogP contribution is -2.38. The standard InChI is InChI=1S/C17H25ClN6/c1-4-5-10-19-17(20-11-14-6-8-15(18)9-7-14)21-12-16-23-22-13(2)24(16)3/h6-9H,4-5,10-12H2,1-3H3,(H2,19,20,21). The first-order valence-corrected chi connectivity index (χ1v) is 8.59. The zero-order chi connectivity index (χ0) is 17.4. The van der Waals surface area contributed by atoms with E-state index in [1.54, 1.807) is 0 Å². The van der Waals surface area contributed by atoms with E-state index < -0.39 is 0 Å². The smallest absolute Gasteiger partial charge is 0.191 e. The summed E-state index contributed by atoms with van der Waals surface area (Å²) in [5.41, 5.74) is 1.12. The molecule has 24 heavy (non-hydrogen) atoms. The van der Waals surface area contributed by atoms with Gasteiger partial charge in [-0.3, -0.25) is 0 Å². The Morgan fingerprint density at radius 2 is 1.96 bits per heavy atom. The van der Waals surface area contributed by atoms with Crippen LogP contribution < -0.4 is 10.6 Å². The molecule has 130 valence electrons. The van der Waals surface area contributed by atoms with E-state index in [0.29, 0.717) is 13.1 Å². The van der Waals surface area contributed by atoms with Crippen LogP contribution in [0.25, 0.3) is 0 Å². The lowest BCUT2D eigenvalue weighted by molar-refractivity contribution is 0.695. The molecule has 0 radical (unpaired) electrons. The molecule has 6 nitrogen and oxygen atoms in total. The normalized spacial score (nSPS) is 11.6. The van der Waals surface area contributed by atoms with Gasteiger partial charge < -0.3 is 15.2 Å². The van der Waals surface area contributed by atoms with Gasteiger partial charge in [-0.1, -0.05) is 37.1 Å². The summed E-state index contributed by atoms with van der Waals surface area (Å²) in [5, 5.41) is 15.6. The number of guanidine groups is 1. The molecule has 1 aromatic carbocycles. The first kappa shape index (κ1) is 18.3.